The van der Waals surface area contributed by atoms with Crippen LogP contribution < -0.4 is 0 Å². The molecule has 2 fully saturated rings. The first-order chi connectivity index (χ1) is 7.32. The van der Waals surface area contributed by atoms with Crippen LogP contribution in [0.2, 0.25) is 0 Å². The maximum atomic E-state index is 2.51. The van der Waals surface area contributed by atoms with Gasteiger partial charge in [-0.15, -0.1) is 0 Å². The molecule has 0 radical (unpaired) electrons. The van der Waals surface area contributed by atoms with Gasteiger partial charge in [0.15, 0.2) is 0 Å². The Morgan fingerprint density at radius 1 is 1.13 bits per heavy atom. The van der Waals surface area contributed by atoms with Crippen molar-refractivity contribution in [1.82, 2.24) is 4.90 Å². The number of hydrogen-bond donors (Lipinski definition) is 0. The van der Waals surface area contributed by atoms with Crippen molar-refractivity contribution in [2.45, 2.75) is 31.7 Å². The van der Waals surface area contributed by atoms with E-state index in [1.165, 1.54) is 37.8 Å². The molecule has 1 aliphatic heterocycles. The van der Waals surface area contributed by atoms with Crippen LogP contribution in [0.15, 0.2) is 30.3 Å². The van der Waals surface area contributed by atoms with Crippen molar-refractivity contribution in [1.29, 1.82) is 0 Å². The maximum absolute atomic E-state index is 2.51. The van der Waals surface area contributed by atoms with Gasteiger partial charge in [-0.2, -0.15) is 0 Å². The van der Waals surface area contributed by atoms with Gasteiger partial charge in [-0.3, -0.25) is 4.90 Å². The topological polar surface area (TPSA) is 3.24 Å². The zero-order valence-corrected chi connectivity index (χ0v) is 9.45. The predicted molar refractivity (Wildman–Crippen MR) is 62.7 cm³/mol. The van der Waals surface area contributed by atoms with Crippen LogP contribution in [0.5, 0.6) is 0 Å². The Morgan fingerprint density at radius 2 is 1.80 bits per heavy atom. The third-order valence-electron chi connectivity index (χ3n) is 4.30. The average molecular weight is 201 g/mol. The number of likely N-dealkylation sites (tertiary alicyclic amines) is 1. The van der Waals surface area contributed by atoms with Crippen LogP contribution in [0.4, 0.5) is 0 Å². The van der Waals surface area contributed by atoms with Crippen molar-refractivity contribution >= 4 is 0 Å². The molecule has 0 N–H and O–H groups in total. The predicted octanol–water partition coefficient (Wildman–Crippen LogP) is 3.23. The molecule has 0 amide bonds. The fourth-order valence-corrected chi connectivity index (χ4v) is 3.78. The van der Waals surface area contributed by atoms with Gasteiger partial charge in [0.1, 0.15) is 0 Å². The fourth-order valence-electron chi connectivity index (χ4n) is 3.78. The van der Waals surface area contributed by atoms with Gasteiger partial charge in [0.25, 0.3) is 0 Å². The van der Waals surface area contributed by atoms with E-state index >= 15 is 0 Å². The van der Waals surface area contributed by atoms with Crippen LogP contribution in [0.3, 0.4) is 0 Å². The number of hydrogen-bond acceptors (Lipinski definition) is 1. The van der Waals surface area contributed by atoms with Gasteiger partial charge in [0, 0.05) is 18.0 Å². The SMILES string of the molecule is CN1CC2(CCCC2)[C@H]1c1ccccc1. The minimum atomic E-state index is 0.635. The third kappa shape index (κ3) is 1.33. The second-order valence-corrected chi connectivity index (χ2v) is 5.30. The van der Waals surface area contributed by atoms with Crippen LogP contribution in [0.1, 0.15) is 37.3 Å². The first kappa shape index (κ1) is 9.41. The van der Waals surface area contributed by atoms with Crippen LogP contribution in [-0.2, 0) is 0 Å². The molecule has 0 unspecified atom stereocenters. The van der Waals surface area contributed by atoms with E-state index in [1.807, 2.05) is 0 Å². The highest BCUT2D eigenvalue weighted by atomic mass is 15.2. The monoisotopic (exact) mass is 201 g/mol. The molecule has 1 saturated heterocycles. The van der Waals surface area contributed by atoms with Gasteiger partial charge in [-0.1, -0.05) is 43.2 Å². The van der Waals surface area contributed by atoms with E-state index in [0.29, 0.717) is 11.5 Å². The van der Waals surface area contributed by atoms with Crippen molar-refractivity contribution < 1.29 is 0 Å². The summed E-state index contributed by atoms with van der Waals surface area (Å²) in [6.45, 7) is 1.31. The minimum absolute atomic E-state index is 0.635. The molecule has 1 heterocycles. The maximum Gasteiger partial charge on any atom is 0.0413 e. The molecule has 1 saturated carbocycles. The highest BCUT2D eigenvalue weighted by Crippen LogP contribution is 2.57. The third-order valence-corrected chi connectivity index (χ3v) is 4.30. The smallest absolute Gasteiger partial charge is 0.0413 e. The average Bonchev–Trinajstić information content (AvgIpc) is 2.69. The molecular formula is C14H19N. The normalized spacial score (nSPS) is 29.3. The molecule has 1 aromatic rings. The molecule has 15 heavy (non-hydrogen) atoms. The lowest BCUT2D eigenvalue weighted by atomic mass is 9.68. The lowest BCUT2D eigenvalue weighted by Gasteiger charge is -2.55. The Labute approximate surface area is 92.1 Å². The van der Waals surface area contributed by atoms with Crippen LogP contribution in [0.25, 0.3) is 0 Å². The lowest BCUT2D eigenvalue weighted by Crippen LogP contribution is -2.55. The van der Waals surface area contributed by atoms with E-state index in [9.17, 15) is 0 Å². The molecule has 0 bridgehead atoms. The highest BCUT2D eigenvalue weighted by molar-refractivity contribution is 5.25. The molecule has 2 aliphatic rings. The molecule has 80 valence electrons. The molecule has 1 atom stereocenters. The number of rotatable bonds is 1. The van der Waals surface area contributed by atoms with E-state index in [-0.39, 0.29) is 0 Å². The molecule has 1 heteroatoms. The van der Waals surface area contributed by atoms with Gasteiger partial charge < -0.3 is 0 Å². The van der Waals surface area contributed by atoms with Crippen molar-refractivity contribution in [3.05, 3.63) is 35.9 Å². The van der Waals surface area contributed by atoms with E-state index < -0.39 is 0 Å². The van der Waals surface area contributed by atoms with Crippen LogP contribution in [-0.4, -0.2) is 18.5 Å². The molecule has 1 spiro atoms. The Bertz CT molecular complexity index is 338. The second-order valence-electron chi connectivity index (χ2n) is 5.30. The van der Waals surface area contributed by atoms with Gasteiger partial charge >= 0.3 is 0 Å². The molecule has 0 aromatic heterocycles. The van der Waals surface area contributed by atoms with Crippen LogP contribution in [0, 0.1) is 5.41 Å². The number of nitrogens with zero attached hydrogens (tertiary/aromatic N) is 1. The zero-order valence-electron chi connectivity index (χ0n) is 9.45. The summed E-state index contributed by atoms with van der Waals surface area (Å²) in [5.41, 5.74) is 2.16. The quantitative estimate of drug-likeness (QED) is 0.674. The van der Waals surface area contributed by atoms with E-state index in [4.69, 9.17) is 0 Å². The summed E-state index contributed by atoms with van der Waals surface area (Å²) in [5.74, 6) is 0. The largest absolute Gasteiger partial charge is 0.298 e. The minimum Gasteiger partial charge on any atom is -0.298 e. The van der Waals surface area contributed by atoms with Gasteiger partial charge in [0.05, 0.1) is 0 Å². The zero-order chi connectivity index (χ0) is 10.3. The van der Waals surface area contributed by atoms with Gasteiger partial charge in [0.2, 0.25) is 0 Å². The van der Waals surface area contributed by atoms with Crippen molar-refractivity contribution in [3.8, 4) is 0 Å². The summed E-state index contributed by atoms with van der Waals surface area (Å²) >= 11 is 0. The van der Waals surface area contributed by atoms with E-state index in [0.717, 1.165) is 0 Å². The van der Waals surface area contributed by atoms with Gasteiger partial charge in [-0.05, 0) is 25.5 Å². The Morgan fingerprint density at radius 3 is 2.40 bits per heavy atom. The standard InChI is InChI=1S/C14H19N/c1-15-11-14(9-5-6-10-14)13(15)12-7-3-2-4-8-12/h2-4,7-8,13H,5-6,9-11H2,1H3/t13-/m1/s1. The second kappa shape index (κ2) is 3.34. The Kier molecular flexibility index (Phi) is 2.10. The van der Waals surface area contributed by atoms with Crippen LogP contribution >= 0.6 is 0 Å². The van der Waals surface area contributed by atoms with Crippen molar-refractivity contribution in [3.63, 3.8) is 0 Å². The van der Waals surface area contributed by atoms with E-state index in [1.54, 1.807) is 0 Å². The molecule has 1 nitrogen and oxygen atoms in total. The Balaban J connectivity index is 1.91. The first-order valence-electron chi connectivity index (χ1n) is 6.07. The summed E-state index contributed by atoms with van der Waals surface area (Å²) < 4.78 is 0. The van der Waals surface area contributed by atoms with Crippen molar-refractivity contribution in [2.24, 2.45) is 5.41 Å². The molecular weight excluding hydrogens is 182 g/mol. The summed E-state index contributed by atoms with van der Waals surface area (Å²) in [4.78, 5) is 2.51. The molecule has 3 rings (SSSR count). The Hall–Kier alpha value is -0.820. The first-order valence-corrected chi connectivity index (χ1v) is 6.07. The summed E-state index contributed by atoms with van der Waals surface area (Å²) in [5, 5.41) is 0. The molecule has 1 aliphatic carbocycles. The molecule has 1 aromatic carbocycles. The summed E-state index contributed by atoms with van der Waals surface area (Å²) in [6.07, 6.45) is 5.77. The van der Waals surface area contributed by atoms with Gasteiger partial charge in [-0.25, -0.2) is 0 Å². The lowest BCUT2D eigenvalue weighted by molar-refractivity contribution is -0.0544. The fraction of sp³-hybridized carbons (Fsp3) is 0.571. The highest BCUT2D eigenvalue weighted by Gasteiger charge is 2.52. The summed E-state index contributed by atoms with van der Waals surface area (Å²) in [7, 11) is 2.27. The van der Waals surface area contributed by atoms with E-state index in [2.05, 4.69) is 42.3 Å². The summed E-state index contributed by atoms with van der Waals surface area (Å²) in [6, 6.07) is 11.7. The number of benzene rings is 1. The van der Waals surface area contributed by atoms with Crippen molar-refractivity contribution in [2.75, 3.05) is 13.6 Å².